The van der Waals surface area contributed by atoms with Crippen molar-refractivity contribution in [3.05, 3.63) is 28.2 Å². The third kappa shape index (κ3) is 14.7. The summed E-state index contributed by atoms with van der Waals surface area (Å²) in [7, 11) is 0. The molecule has 0 amide bonds. The van der Waals surface area contributed by atoms with E-state index in [0.29, 0.717) is 16.0 Å². The number of guanidine groups is 1. The first-order valence-electron chi connectivity index (χ1n) is 11.8. The Bertz CT molecular complexity index is 665. The van der Waals surface area contributed by atoms with E-state index >= 15 is 0 Å². The second kappa shape index (κ2) is 18.6. The molecule has 0 unspecified atom stereocenters. The van der Waals surface area contributed by atoms with Crippen molar-refractivity contribution in [3.8, 4) is 0 Å². The zero-order valence-corrected chi connectivity index (χ0v) is 21.6. The highest BCUT2D eigenvalue weighted by molar-refractivity contribution is 8.13. The van der Waals surface area contributed by atoms with Crippen molar-refractivity contribution in [2.45, 2.75) is 90.9 Å². The number of unbranched alkanes of at least 4 members (excludes halogenated alkanes) is 10. The van der Waals surface area contributed by atoms with Crippen LogP contribution in [0, 0.1) is 0 Å². The minimum Gasteiger partial charge on any atom is -0.369 e. The third-order valence-corrected chi connectivity index (χ3v) is 6.61. The normalized spacial score (nSPS) is 12.4. The van der Waals surface area contributed by atoms with Crippen molar-refractivity contribution < 1.29 is 0 Å². The zero-order valence-electron chi connectivity index (χ0n) is 19.3. The van der Waals surface area contributed by atoms with Gasteiger partial charge in [-0.3, -0.25) is 4.99 Å². The molecule has 0 saturated heterocycles. The Morgan fingerprint density at radius 1 is 0.871 bits per heavy atom. The van der Waals surface area contributed by atoms with Crippen LogP contribution in [0.3, 0.4) is 0 Å². The molecule has 1 rings (SSSR count). The van der Waals surface area contributed by atoms with E-state index in [-0.39, 0.29) is 0 Å². The van der Waals surface area contributed by atoms with Crippen LogP contribution in [-0.2, 0) is 0 Å². The lowest BCUT2D eigenvalue weighted by Crippen LogP contribution is -2.23. The first kappa shape index (κ1) is 28.1. The Kier molecular flexibility index (Phi) is 16.9. The fourth-order valence-corrected chi connectivity index (χ4v) is 4.25. The summed E-state index contributed by atoms with van der Waals surface area (Å²) in [4.78, 5) is 9.27. The molecule has 0 spiro atoms. The molecule has 0 radical (unpaired) electrons. The lowest BCUT2D eigenvalue weighted by Gasteiger charge is -2.08. The van der Waals surface area contributed by atoms with E-state index in [1.54, 1.807) is 23.9 Å². The number of benzene rings is 1. The number of anilines is 1. The summed E-state index contributed by atoms with van der Waals surface area (Å²) in [6.45, 7) is 5.29. The number of aliphatic imine (C=N–C) groups is 2. The number of hydrogen-bond acceptors (Lipinski definition) is 2. The average molecular weight is 488 g/mol. The molecule has 176 valence electrons. The van der Waals surface area contributed by atoms with E-state index in [4.69, 9.17) is 33.9 Å². The predicted molar refractivity (Wildman–Crippen MR) is 143 cm³/mol. The molecule has 0 aliphatic carbocycles. The Balaban J connectivity index is 2.56. The van der Waals surface area contributed by atoms with Crippen molar-refractivity contribution >= 4 is 51.8 Å². The van der Waals surface area contributed by atoms with Crippen LogP contribution in [0.1, 0.15) is 90.9 Å². The number of amidine groups is 1. The van der Waals surface area contributed by atoms with Gasteiger partial charge in [-0.2, -0.15) is 4.99 Å². The van der Waals surface area contributed by atoms with E-state index < -0.39 is 0 Å². The van der Waals surface area contributed by atoms with Crippen LogP contribution < -0.4 is 11.1 Å². The molecule has 0 heterocycles. The van der Waals surface area contributed by atoms with Crippen LogP contribution in [0.5, 0.6) is 0 Å². The van der Waals surface area contributed by atoms with Gasteiger partial charge < -0.3 is 11.1 Å². The highest BCUT2D eigenvalue weighted by Crippen LogP contribution is 2.25. The van der Waals surface area contributed by atoms with Crippen LogP contribution >= 0.6 is 35.0 Å². The van der Waals surface area contributed by atoms with Crippen LogP contribution in [0.4, 0.5) is 5.69 Å². The van der Waals surface area contributed by atoms with Gasteiger partial charge in [-0.15, -0.1) is 0 Å². The number of nitrogens with zero attached hydrogens (tertiary/aromatic N) is 2. The second-order valence-corrected chi connectivity index (χ2v) is 9.68. The molecule has 0 aromatic heterocycles. The maximum absolute atomic E-state index is 6.13. The third-order valence-electron chi connectivity index (χ3n) is 4.90. The molecule has 0 saturated carbocycles. The fraction of sp³-hybridized carbons (Fsp3) is 0.667. The van der Waals surface area contributed by atoms with Gasteiger partial charge in [-0.05, 0) is 31.0 Å². The standard InChI is InChI=1S/C24H40Cl2N4S/c1-3-5-7-9-11-13-17-28-24(31-18-14-12-10-8-6-4-2)30-23(27)29-20-15-16-21(25)22(26)19-20/h15-16,19H,3-14,17-18H2,1-2H3,(H3,27,28,29,30). The van der Waals surface area contributed by atoms with E-state index in [1.165, 1.54) is 70.6 Å². The second-order valence-electron chi connectivity index (χ2n) is 7.80. The van der Waals surface area contributed by atoms with Crippen LogP contribution in [0.2, 0.25) is 10.0 Å². The molecule has 7 heteroatoms. The Hall–Kier alpha value is -0.910. The van der Waals surface area contributed by atoms with Gasteiger partial charge in [0.15, 0.2) is 11.1 Å². The Labute approximate surface area is 203 Å². The number of rotatable bonds is 15. The number of halogens is 2. The summed E-state index contributed by atoms with van der Waals surface area (Å²) in [5, 5.41) is 4.83. The van der Waals surface area contributed by atoms with E-state index in [0.717, 1.165) is 29.6 Å². The molecule has 1 aromatic carbocycles. The lowest BCUT2D eigenvalue weighted by atomic mass is 10.1. The van der Waals surface area contributed by atoms with Gasteiger partial charge in [0.2, 0.25) is 0 Å². The summed E-state index contributed by atoms with van der Waals surface area (Å²) in [6.07, 6.45) is 15.2. The maximum Gasteiger partial charge on any atom is 0.200 e. The fourth-order valence-electron chi connectivity index (χ4n) is 3.08. The minimum atomic E-state index is 0.315. The summed E-state index contributed by atoms with van der Waals surface area (Å²) in [5.41, 5.74) is 6.89. The van der Waals surface area contributed by atoms with Crippen molar-refractivity contribution in [1.82, 2.24) is 0 Å². The molecule has 1 aromatic rings. The van der Waals surface area contributed by atoms with Crippen LogP contribution in [0.25, 0.3) is 0 Å². The first-order chi connectivity index (χ1) is 15.1. The molecular formula is C24H40Cl2N4S. The number of nitrogens with one attached hydrogen (secondary N) is 1. The van der Waals surface area contributed by atoms with Gasteiger partial charge >= 0.3 is 0 Å². The Morgan fingerprint density at radius 2 is 1.48 bits per heavy atom. The minimum absolute atomic E-state index is 0.315. The molecule has 0 fully saturated rings. The van der Waals surface area contributed by atoms with Gasteiger partial charge in [0.25, 0.3) is 0 Å². The lowest BCUT2D eigenvalue weighted by molar-refractivity contribution is 0.612. The molecular weight excluding hydrogens is 447 g/mol. The van der Waals surface area contributed by atoms with Crippen LogP contribution in [-0.4, -0.2) is 23.4 Å². The summed E-state index contributed by atoms with van der Waals surface area (Å²) in [5.74, 6) is 1.33. The van der Waals surface area contributed by atoms with Gasteiger partial charge in [-0.1, -0.05) is 113 Å². The van der Waals surface area contributed by atoms with E-state index in [1.807, 2.05) is 6.07 Å². The maximum atomic E-state index is 6.13. The topological polar surface area (TPSA) is 62.8 Å². The number of thioether (sulfide) groups is 1. The van der Waals surface area contributed by atoms with Crippen molar-refractivity contribution in [3.63, 3.8) is 0 Å². The highest BCUT2D eigenvalue weighted by Gasteiger charge is 2.04. The number of hydrogen-bond donors (Lipinski definition) is 2. The first-order valence-corrected chi connectivity index (χ1v) is 13.5. The van der Waals surface area contributed by atoms with Crippen molar-refractivity contribution in [2.75, 3.05) is 17.6 Å². The van der Waals surface area contributed by atoms with E-state index in [9.17, 15) is 0 Å². The molecule has 31 heavy (non-hydrogen) atoms. The Morgan fingerprint density at radius 3 is 2.13 bits per heavy atom. The molecule has 0 aliphatic rings. The SMILES string of the molecule is CCCCCCCCN=C(/N=C(\N)Nc1ccc(Cl)c(Cl)c1)SCCCCCCCC. The smallest absolute Gasteiger partial charge is 0.200 e. The van der Waals surface area contributed by atoms with Crippen molar-refractivity contribution in [1.29, 1.82) is 0 Å². The molecule has 4 nitrogen and oxygen atoms in total. The number of nitrogens with two attached hydrogens (primary N) is 1. The largest absolute Gasteiger partial charge is 0.369 e. The molecule has 0 bridgehead atoms. The summed E-state index contributed by atoms with van der Waals surface area (Å²) >= 11 is 13.8. The molecule has 0 atom stereocenters. The van der Waals surface area contributed by atoms with E-state index in [2.05, 4.69) is 24.2 Å². The quantitative estimate of drug-likeness (QED) is 0.148. The van der Waals surface area contributed by atoms with Gasteiger partial charge in [0, 0.05) is 18.0 Å². The summed E-state index contributed by atoms with van der Waals surface area (Å²) < 4.78 is 0. The van der Waals surface area contributed by atoms with Crippen LogP contribution in [0.15, 0.2) is 28.2 Å². The van der Waals surface area contributed by atoms with Gasteiger partial charge in [-0.25, -0.2) is 0 Å². The molecule has 3 N–H and O–H groups in total. The summed E-state index contributed by atoms with van der Waals surface area (Å²) in [6, 6.07) is 5.30. The molecule has 0 aliphatic heterocycles. The van der Waals surface area contributed by atoms with Crippen molar-refractivity contribution in [2.24, 2.45) is 15.7 Å². The van der Waals surface area contributed by atoms with Gasteiger partial charge in [0.1, 0.15) is 0 Å². The average Bonchev–Trinajstić information content (AvgIpc) is 2.74. The van der Waals surface area contributed by atoms with Gasteiger partial charge in [0.05, 0.1) is 10.0 Å². The zero-order chi connectivity index (χ0) is 22.7. The predicted octanol–water partition coefficient (Wildman–Crippen LogP) is 8.53. The highest BCUT2D eigenvalue weighted by atomic mass is 35.5. The monoisotopic (exact) mass is 486 g/mol.